The maximum absolute atomic E-state index is 12.8. The Hall–Kier alpha value is -2.66. The van der Waals surface area contributed by atoms with Crippen molar-refractivity contribution >= 4 is 39.9 Å². The van der Waals surface area contributed by atoms with E-state index in [0.717, 1.165) is 5.39 Å². The molecular formula is C16H13ClN4O. The van der Waals surface area contributed by atoms with E-state index in [4.69, 9.17) is 22.7 Å². The molecule has 0 fully saturated rings. The molecule has 3 aromatic rings. The fourth-order valence-electron chi connectivity index (χ4n) is 2.54. The van der Waals surface area contributed by atoms with Crippen LogP contribution in [-0.4, -0.2) is 21.2 Å². The SMILES string of the molecule is CC(=N)c1c(N)n(C(=O)c2cccnc2Cl)c2ccccc12. The molecule has 0 bridgehead atoms. The summed E-state index contributed by atoms with van der Waals surface area (Å²) in [5, 5.41) is 8.80. The van der Waals surface area contributed by atoms with E-state index in [1.165, 1.54) is 10.8 Å². The molecule has 0 amide bonds. The van der Waals surface area contributed by atoms with Gasteiger partial charge in [-0.1, -0.05) is 29.8 Å². The minimum Gasteiger partial charge on any atom is -0.384 e. The number of aromatic nitrogens is 2. The molecule has 5 nitrogen and oxygen atoms in total. The van der Waals surface area contributed by atoms with Crippen LogP contribution in [0.5, 0.6) is 0 Å². The molecule has 0 saturated heterocycles. The Kier molecular flexibility index (Phi) is 3.42. The first-order chi connectivity index (χ1) is 10.5. The molecule has 3 rings (SSSR count). The van der Waals surface area contributed by atoms with E-state index in [-0.39, 0.29) is 22.4 Å². The lowest BCUT2D eigenvalue weighted by atomic mass is 10.1. The van der Waals surface area contributed by atoms with Gasteiger partial charge in [0.25, 0.3) is 5.91 Å². The second-order valence-corrected chi connectivity index (χ2v) is 5.24. The molecule has 0 aliphatic rings. The number of fused-ring (bicyclic) bond motifs is 1. The third kappa shape index (κ3) is 2.07. The summed E-state index contributed by atoms with van der Waals surface area (Å²) < 4.78 is 1.38. The molecular weight excluding hydrogens is 300 g/mol. The summed E-state index contributed by atoms with van der Waals surface area (Å²) in [7, 11) is 0. The highest BCUT2D eigenvalue weighted by molar-refractivity contribution is 6.33. The molecule has 0 saturated carbocycles. The fraction of sp³-hybridized carbons (Fsp3) is 0.0625. The summed E-state index contributed by atoms with van der Waals surface area (Å²) in [5.74, 6) is -0.127. The first-order valence-electron chi connectivity index (χ1n) is 6.62. The van der Waals surface area contributed by atoms with Crippen LogP contribution in [0, 0.1) is 5.41 Å². The van der Waals surface area contributed by atoms with Crippen LogP contribution < -0.4 is 5.73 Å². The van der Waals surface area contributed by atoms with Crippen LogP contribution in [0.15, 0.2) is 42.6 Å². The van der Waals surface area contributed by atoms with Crippen LogP contribution >= 0.6 is 11.6 Å². The monoisotopic (exact) mass is 312 g/mol. The predicted molar refractivity (Wildman–Crippen MR) is 87.8 cm³/mol. The normalized spacial score (nSPS) is 10.8. The minimum atomic E-state index is -0.362. The molecule has 0 unspecified atom stereocenters. The zero-order valence-electron chi connectivity index (χ0n) is 11.8. The summed E-state index contributed by atoms with van der Waals surface area (Å²) in [4.78, 5) is 16.8. The number of pyridine rings is 1. The Balaban J connectivity index is 2.32. The summed E-state index contributed by atoms with van der Waals surface area (Å²) in [6.07, 6.45) is 1.52. The smallest absolute Gasteiger partial charge is 0.267 e. The van der Waals surface area contributed by atoms with E-state index >= 15 is 0 Å². The third-order valence-corrected chi connectivity index (χ3v) is 3.78. The number of benzene rings is 1. The van der Waals surface area contributed by atoms with Gasteiger partial charge in [-0.3, -0.25) is 9.36 Å². The van der Waals surface area contributed by atoms with E-state index in [2.05, 4.69) is 4.98 Å². The second-order valence-electron chi connectivity index (χ2n) is 4.88. The van der Waals surface area contributed by atoms with Gasteiger partial charge >= 0.3 is 0 Å². The lowest BCUT2D eigenvalue weighted by Crippen LogP contribution is -2.16. The molecule has 1 aromatic carbocycles. The van der Waals surface area contributed by atoms with Crippen molar-refractivity contribution in [3.05, 3.63) is 58.9 Å². The van der Waals surface area contributed by atoms with Gasteiger partial charge in [0, 0.05) is 22.9 Å². The molecule has 0 atom stereocenters. The standard InChI is InChI=1S/C16H13ClN4O/c1-9(18)13-10-5-2-3-7-12(10)21(15(13)19)16(22)11-6-4-8-20-14(11)17/h2-8,18H,19H2,1H3. The van der Waals surface area contributed by atoms with Crippen LogP contribution in [0.1, 0.15) is 22.8 Å². The van der Waals surface area contributed by atoms with Gasteiger partial charge < -0.3 is 11.1 Å². The Morgan fingerprint density at radius 1 is 1.27 bits per heavy atom. The number of nitrogens with two attached hydrogens (primary N) is 1. The van der Waals surface area contributed by atoms with Crippen LogP contribution in [-0.2, 0) is 0 Å². The van der Waals surface area contributed by atoms with E-state index in [0.29, 0.717) is 16.8 Å². The largest absolute Gasteiger partial charge is 0.384 e. The molecule has 3 N–H and O–H groups in total. The predicted octanol–water partition coefficient (Wildman–Crippen LogP) is 3.35. The van der Waals surface area contributed by atoms with Crippen molar-refractivity contribution in [1.82, 2.24) is 9.55 Å². The van der Waals surface area contributed by atoms with Crippen molar-refractivity contribution in [1.29, 1.82) is 5.41 Å². The molecule has 22 heavy (non-hydrogen) atoms. The van der Waals surface area contributed by atoms with Crippen molar-refractivity contribution in [2.75, 3.05) is 5.73 Å². The summed E-state index contributed by atoms with van der Waals surface area (Å²) >= 11 is 6.01. The third-order valence-electron chi connectivity index (χ3n) is 3.48. The minimum absolute atomic E-state index is 0.123. The number of halogens is 1. The van der Waals surface area contributed by atoms with Gasteiger partial charge in [-0.05, 0) is 25.1 Å². The average Bonchev–Trinajstić information content (AvgIpc) is 2.79. The van der Waals surface area contributed by atoms with Crippen molar-refractivity contribution in [2.24, 2.45) is 0 Å². The molecule has 0 aliphatic heterocycles. The number of carbonyl (C=O) groups excluding carboxylic acids is 1. The van der Waals surface area contributed by atoms with Gasteiger partial charge in [-0.15, -0.1) is 0 Å². The number of anilines is 1. The Morgan fingerprint density at radius 2 is 2.00 bits per heavy atom. The summed E-state index contributed by atoms with van der Waals surface area (Å²) in [5.41, 5.74) is 7.92. The van der Waals surface area contributed by atoms with Crippen LogP contribution in [0.4, 0.5) is 5.82 Å². The lowest BCUT2D eigenvalue weighted by molar-refractivity contribution is 0.0967. The highest BCUT2D eigenvalue weighted by atomic mass is 35.5. The van der Waals surface area contributed by atoms with Crippen molar-refractivity contribution in [3.63, 3.8) is 0 Å². The Morgan fingerprint density at radius 3 is 2.68 bits per heavy atom. The van der Waals surface area contributed by atoms with E-state index in [9.17, 15) is 4.79 Å². The molecule has 0 spiro atoms. The van der Waals surface area contributed by atoms with Gasteiger partial charge in [0.15, 0.2) is 0 Å². The van der Waals surface area contributed by atoms with Gasteiger partial charge in [0.1, 0.15) is 11.0 Å². The van der Waals surface area contributed by atoms with Crippen LogP contribution in [0.25, 0.3) is 10.9 Å². The Labute approximate surface area is 131 Å². The Bertz CT molecular complexity index is 914. The van der Waals surface area contributed by atoms with Gasteiger partial charge in [-0.25, -0.2) is 4.98 Å². The van der Waals surface area contributed by atoms with Gasteiger partial charge in [0.2, 0.25) is 0 Å². The number of carbonyl (C=O) groups is 1. The number of hydrogen-bond donors (Lipinski definition) is 2. The molecule has 2 heterocycles. The van der Waals surface area contributed by atoms with E-state index in [1.807, 2.05) is 18.2 Å². The first kappa shape index (κ1) is 14.3. The molecule has 2 aromatic heterocycles. The topological polar surface area (TPSA) is 84.8 Å². The number of hydrogen-bond acceptors (Lipinski definition) is 4. The van der Waals surface area contributed by atoms with Crippen LogP contribution in [0.3, 0.4) is 0 Å². The number of nitrogen functional groups attached to an aromatic ring is 1. The quantitative estimate of drug-likeness (QED) is 0.562. The molecule has 0 radical (unpaired) electrons. The number of nitrogens with one attached hydrogen (secondary N) is 1. The summed E-state index contributed by atoms with van der Waals surface area (Å²) in [6.45, 7) is 1.64. The molecule has 110 valence electrons. The van der Waals surface area contributed by atoms with Crippen molar-refractivity contribution in [3.8, 4) is 0 Å². The van der Waals surface area contributed by atoms with Crippen molar-refractivity contribution in [2.45, 2.75) is 6.92 Å². The average molecular weight is 313 g/mol. The second kappa shape index (κ2) is 5.27. The van der Waals surface area contributed by atoms with Crippen LogP contribution in [0.2, 0.25) is 5.15 Å². The van der Waals surface area contributed by atoms with Gasteiger partial charge in [0.05, 0.1) is 11.1 Å². The van der Waals surface area contributed by atoms with E-state index < -0.39 is 0 Å². The zero-order valence-corrected chi connectivity index (χ0v) is 12.6. The van der Waals surface area contributed by atoms with E-state index in [1.54, 1.807) is 25.1 Å². The maximum Gasteiger partial charge on any atom is 0.267 e. The first-order valence-corrected chi connectivity index (χ1v) is 7.00. The summed E-state index contributed by atoms with van der Waals surface area (Å²) in [6, 6.07) is 10.5. The lowest BCUT2D eigenvalue weighted by Gasteiger charge is -2.08. The zero-order chi connectivity index (χ0) is 15.9. The number of rotatable bonds is 2. The van der Waals surface area contributed by atoms with Crippen molar-refractivity contribution < 1.29 is 4.79 Å². The highest BCUT2D eigenvalue weighted by Crippen LogP contribution is 2.30. The number of nitrogens with zero attached hydrogens (tertiary/aromatic N) is 2. The number of para-hydroxylation sites is 1. The maximum atomic E-state index is 12.8. The molecule has 6 heteroatoms. The van der Waals surface area contributed by atoms with Gasteiger partial charge in [-0.2, -0.15) is 0 Å². The molecule has 0 aliphatic carbocycles. The highest BCUT2D eigenvalue weighted by Gasteiger charge is 2.22. The fourth-order valence-corrected chi connectivity index (χ4v) is 2.74.